The van der Waals surface area contributed by atoms with Crippen molar-refractivity contribution in [3.05, 3.63) is 41.2 Å². The third kappa shape index (κ3) is 6.27. The Morgan fingerprint density at radius 1 is 1.07 bits per heavy atom. The van der Waals surface area contributed by atoms with Crippen molar-refractivity contribution in [3.8, 4) is 11.5 Å². The molecule has 1 aromatic carbocycles. The molecule has 0 aliphatic carbocycles. The lowest BCUT2D eigenvalue weighted by atomic mass is 10.2. The number of benzene rings is 1. The second-order valence-corrected chi connectivity index (χ2v) is 9.76. The lowest BCUT2D eigenvalue weighted by Crippen LogP contribution is -2.31. The molecule has 0 saturated carbocycles. The van der Waals surface area contributed by atoms with Crippen LogP contribution in [0.1, 0.15) is 16.8 Å². The van der Waals surface area contributed by atoms with Crippen LogP contribution in [-0.4, -0.2) is 53.5 Å². The maximum absolute atomic E-state index is 12.4. The Morgan fingerprint density at radius 3 is 2.31 bits per heavy atom. The van der Waals surface area contributed by atoms with Crippen molar-refractivity contribution in [2.75, 3.05) is 31.0 Å². The summed E-state index contributed by atoms with van der Waals surface area (Å²) in [4.78, 5) is 8.31. The van der Waals surface area contributed by atoms with Crippen molar-refractivity contribution in [2.24, 2.45) is 0 Å². The Kier molecular flexibility index (Phi) is 7.03. The average molecular weight is 446 g/mol. The van der Waals surface area contributed by atoms with Gasteiger partial charge in [0.2, 0.25) is 16.0 Å². The minimum Gasteiger partial charge on any atom is -0.497 e. The van der Waals surface area contributed by atoms with Crippen molar-refractivity contribution in [1.82, 2.24) is 9.97 Å². The first-order chi connectivity index (χ1) is 13.4. The van der Waals surface area contributed by atoms with Gasteiger partial charge in [-0.25, -0.2) is 22.7 Å². The molecule has 0 N–H and O–H groups in total. The van der Waals surface area contributed by atoms with Gasteiger partial charge in [0.05, 0.1) is 39.0 Å². The first kappa shape index (κ1) is 22.8. The summed E-state index contributed by atoms with van der Waals surface area (Å²) in [5, 5.41) is 0. The zero-order valence-electron chi connectivity index (χ0n) is 16.7. The lowest BCUT2D eigenvalue weighted by Gasteiger charge is -2.22. The molecule has 0 fully saturated rings. The number of aromatic nitrogens is 2. The molecule has 0 aliphatic heterocycles. The standard InChI is InChI=1S/C17H23N3O7S2/c1-12-9-18-17(19-15(12)11-27-29(5,23)24)20(28(4,21)22)10-13-6-7-14(25-2)8-16(13)26-3/h6-9H,10-11H2,1-5H3. The average Bonchev–Trinajstić information content (AvgIpc) is 2.64. The summed E-state index contributed by atoms with van der Waals surface area (Å²) >= 11 is 0. The Bertz CT molecular complexity index is 1090. The van der Waals surface area contributed by atoms with Crippen LogP contribution in [0.15, 0.2) is 24.4 Å². The summed E-state index contributed by atoms with van der Waals surface area (Å²) in [6.45, 7) is 1.24. The molecule has 10 nitrogen and oxygen atoms in total. The predicted molar refractivity (Wildman–Crippen MR) is 107 cm³/mol. The number of hydrogen-bond donors (Lipinski definition) is 0. The molecular formula is C17H23N3O7S2. The van der Waals surface area contributed by atoms with Crippen LogP contribution in [0.25, 0.3) is 0 Å². The van der Waals surface area contributed by atoms with Gasteiger partial charge in [0.25, 0.3) is 10.1 Å². The minimum absolute atomic E-state index is 0.0958. The molecule has 0 saturated heterocycles. The quantitative estimate of drug-likeness (QED) is 0.524. The Balaban J connectivity index is 2.44. The van der Waals surface area contributed by atoms with Crippen molar-refractivity contribution in [1.29, 1.82) is 0 Å². The first-order valence-electron chi connectivity index (χ1n) is 8.30. The van der Waals surface area contributed by atoms with Crippen LogP contribution in [0.5, 0.6) is 11.5 Å². The second-order valence-electron chi connectivity index (χ2n) is 6.21. The van der Waals surface area contributed by atoms with Gasteiger partial charge >= 0.3 is 0 Å². The molecule has 0 unspecified atom stereocenters. The van der Waals surface area contributed by atoms with Crippen molar-refractivity contribution in [3.63, 3.8) is 0 Å². The molecule has 12 heteroatoms. The maximum Gasteiger partial charge on any atom is 0.264 e. The SMILES string of the molecule is COc1ccc(CN(c2ncc(C)c(COS(C)(=O)=O)n2)S(C)(=O)=O)c(OC)c1. The van der Waals surface area contributed by atoms with E-state index in [-0.39, 0.29) is 24.8 Å². The zero-order valence-corrected chi connectivity index (χ0v) is 18.4. The fourth-order valence-electron chi connectivity index (χ4n) is 2.37. The lowest BCUT2D eigenvalue weighted by molar-refractivity contribution is 0.306. The Morgan fingerprint density at radius 2 is 1.76 bits per heavy atom. The van der Waals surface area contributed by atoms with Gasteiger partial charge in [0, 0.05) is 17.8 Å². The molecule has 0 aliphatic rings. The van der Waals surface area contributed by atoms with Gasteiger partial charge in [0.15, 0.2) is 0 Å². The minimum atomic E-state index is -3.77. The van der Waals surface area contributed by atoms with E-state index in [1.807, 2.05) is 0 Å². The number of hydrogen-bond acceptors (Lipinski definition) is 9. The monoisotopic (exact) mass is 445 g/mol. The number of nitrogens with zero attached hydrogens (tertiary/aromatic N) is 3. The van der Waals surface area contributed by atoms with E-state index >= 15 is 0 Å². The summed E-state index contributed by atoms with van der Waals surface area (Å²) < 4.78 is 63.6. The van der Waals surface area contributed by atoms with Crippen LogP contribution in [0.3, 0.4) is 0 Å². The van der Waals surface area contributed by atoms with Crippen molar-refractivity contribution >= 4 is 26.1 Å². The number of sulfonamides is 1. The van der Waals surface area contributed by atoms with E-state index in [0.717, 1.165) is 16.8 Å². The molecule has 0 atom stereocenters. The smallest absolute Gasteiger partial charge is 0.264 e. The summed E-state index contributed by atoms with van der Waals surface area (Å²) in [6, 6.07) is 4.99. The van der Waals surface area contributed by atoms with Crippen molar-refractivity contribution in [2.45, 2.75) is 20.1 Å². The van der Waals surface area contributed by atoms with E-state index in [1.165, 1.54) is 20.4 Å². The highest BCUT2D eigenvalue weighted by atomic mass is 32.2. The Labute approximate surface area is 170 Å². The highest BCUT2D eigenvalue weighted by Gasteiger charge is 2.23. The van der Waals surface area contributed by atoms with Crippen LogP contribution < -0.4 is 13.8 Å². The third-order valence-electron chi connectivity index (χ3n) is 3.91. The number of anilines is 1. The van der Waals surface area contributed by atoms with Gasteiger partial charge in [-0.1, -0.05) is 0 Å². The molecule has 0 amide bonds. The van der Waals surface area contributed by atoms with E-state index in [9.17, 15) is 16.8 Å². The maximum atomic E-state index is 12.4. The van der Waals surface area contributed by atoms with Crippen LogP contribution in [-0.2, 0) is 37.5 Å². The number of methoxy groups -OCH3 is 2. The molecule has 1 aromatic heterocycles. The normalized spacial score (nSPS) is 11.9. The summed E-state index contributed by atoms with van der Waals surface area (Å²) in [5.74, 6) is 0.886. The molecule has 2 rings (SSSR count). The van der Waals surface area contributed by atoms with Crippen LogP contribution in [0.4, 0.5) is 5.95 Å². The molecule has 29 heavy (non-hydrogen) atoms. The van der Waals surface area contributed by atoms with E-state index in [2.05, 4.69) is 9.97 Å². The molecule has 2 aromatic rings. The number of ether oxygens (including phenoxy) is 2. The highest BCUT2D eigenvalue weighted by molar-refractivity contribution is 7.92. The fourth-order valence-corrected chi connectivity index (χ4v) is 3.45. The number of rotatable bonds is 9. The van der Waals surface area contributed by atoms with E-state index in [0.29, 0.717) is 22.6 Å². The van der Waals surface area contributed by atoms with Gasteiger partial charge in [-0.2, -0.15) is 8.42 Å². The first-order valence-corrected chi connectivity index (χ1v) is 12.0. The fraction of sp³-hybridized carbons (Fsp3) is 0.412. The summed E-state index contributed by atoms with van der Waals surface area (Å²) in [6.07, 6.45) is 3.36. The van der Waals surface area contributed by atoms with Gasteiger partial charge in [-0.05, 0) is 24.6 Å². The Hall–Kier alpha value is -2.44. The van der Waals surface area contributed by atoms with Gasteiger partial charge in [-0.15, -0.1) is 0 Å². The largest absolute Gasteiger partial charge is 0.497 e. The molecule has 0 spiro atoms. The zero-order chi connectivity index (χ0) is 21.8. The molecule has 160 valence electrons. The van der Waals surface area contributed by atoms with E-state index in [4.69, 9.17) is 13.7 Å². The summed E-state index contributed by atoms with van der Waals surface area (Å²) in [5.41, 5.74) is 1.39. The summed E-state index contributed by atoms with van der Waals surface area (Å²) in [7, 11) is -4.48. The van der Waals surface area contributed by atoms with E-state index in [1.54, 1.807) is 25.1 Å². The molecular weight excluding hydrogens is 422 g/mol. The number of aryl methyl sites for hydroxylation is 1. The van der Waals surface area contributed by atoms with Crippen molar-refractivity contribution < 1.29 is 30.5 Å². The van der Waals surface area contributed by atoms with Gasteiger partial charge < -0.3 is 9.47 Å². The predicted octanol–water partition coefficient (Wildman–Crippen LogP) is 1.24. The third-order valence-corrected chi connectivity index (χ3v) is 5.54. The van der Waals surface area contributed by atoms with Crippen LogP contribution in [0, 0.1) is 6.92 Å². The molecule has 0 bridgehead atoms. The highest BCUT2D eigenvalue weighted by Crippen LogP contribution is 2.28. The van der Waals surface area contributed by atoms with Crippen LogP contribution in [0.2, 0.25) is 0 Å². The van der Waals surface area contributed by atoms with Gasteiger partial charge in [-0.3, -0.25) is 4.18 Å². The van der Waals surface area contributed by atoms with Crippen LogP contribution >= 0.6 is 0 Å². The van der Waals surface area contributed by atoms with E-state index < -0.39 is 20.1 Å². The second kappa shape index (κ2) is 8.93. The van der Waals surface area contributed by atoms with Gasteiger partial charge in [0.1, 0.15) is 18.1 Å². The molecule has 0 radical (unpaired) electrons. The topological polar surface area (TPSA) is 125 Å². The molecule has 1 heterocycles.